The molecular formula is C29H33Cl2N3O4S. The molecule has 1 atom stereocenters. The Morgan fingerprint density at radius 2 is 1.56 bits per heavy atom. The van der Waals surface area contributed by atoms with Gasteiger partial charge in [0.25, 0.3) is 10.0 Å². The van der Waals surface area contributed by atoms with E-state index in [1.54, 1.807) is 18.2 Å². The molecule has 0 fully saturated rings. The molecule has 7 nitrogen and oxygen atoms in total. The van der Waals surface area contributed by atoms with Crippen LogP contribution in [0.5, 0.6) is 0 Å². The van der Waals surface area contributed by atoms with Crippen molar-refractivity contribution >= 4 is 50.7 Å². The minimum Gasteiger partial charge on any atom is -0.352 e. The van der Waals surface area contributed by atoms with E-state index >= 15 is 0 Å². The fraction of sp³-hybridized carbons (Fsp3) is 0.310. The van der Waals surface area contributed by atoms with Crippen LogP contribution in [0.3, 0.4) is 0 Å². The number of hydrogen-bond acceptors (Lipinski definition) is 4. The van der Waals surface area contributed by atoms with E-state index in [-0.39, 0.29) is 39.1 Å². The second-order valence-electron chi connectivity index (χ2n) is 9.55. The molecule has 0 aliphatic rings. The Labute approximate surface area is 240 Å². The molecule has 0 spiro atoms. The molecule has 2 amide bonds. The molecule has 0 aliphatic carbocycles. The summed E-state index contributed by atoms with van der Waals surface area (Å²) in [6.45, 7) is 7.00. The quantitative estimate of drug-likeness (QED) is 0.305. The maximum Gasteiger partial charge on any atom is 0.264 e. The molecule has 208 valence electrons. The number of halogens is 2. The van der Waals surface area contributed by atoms with Gasteiger partial charge >= 0.3 is 0 Å². The van der Waals surface area contributed by atoms with Crippen LogP contribution in [0.4, 0.5) is 5.69 Å². The Morgan fingerprint density at radius 3 is 2.13 bits per heavy atom. The molecule has 3 rings (SSSR count). The smallest absolute Gasteiger partial charge is 0.264 e. The summed E-state index contributed by atoms with van der Waals surface area (Å²) in [5.41, 5.74) is 1.96. The van der Waals surface area contributed by atoms with Crippen molar-refractivity contribution < 1.29 is 18.0 Å². The van der Waals surface area contributed by atoms with Crippen LogP contribution in [-0.2, 0) is 26.2 Å². The van der Waals surface area contributed by atoms with E-state index < -0.39 is 28.5 Å². The Balaban J connectivity index is 2.09. The van der Waals surface area contributed by atoms with Gasteiger partial charge in [-0.25, -0.2) is 8.42 Å². The highest BCUT2D eigenvalue weighted by molar-refractivity contribution is 7.92. The van der Waals surface area contributed by atoms with Gasteiger partial charge in [-0.3, -0.25) is 13.9 Å². The summed E-state index contributed by atoms with van der Waals surface area (Å²) in [6, 6.07) is 18.8. The molecule has 0 bridgehead atoms. The average molecular weight is 591 g/mol. The number of aryl methyl sites for hydroxylation is 1. The molecule has 0 radical (unpaired) electrons. The second kappa shape index (κ2) is 13.3. The third-order valence-corrected chi connectivity index (χ3v) is 8.22. The van der Waals surface area contributed by atoms with Gasteiger partial charge in [0.2, 0.25) is 11.8 Å². The van der Waals surface area contributed by atoms with Crippen LogP contribution >= 0.6 is 23.2 Å². The lowest BCUT2D eigenvalue weighted by Crippen LogP contribution is -2.53. The van der Waals surface area contributed by atoms with Crippen molar-refractivity contribution in [3.05, 3.63) is 94.0 Å². The zero-order valence-electron chi connectivity index (χ0n) is 22.4. The van der Waals surface area contributed by atoms with Crippen LogP contribution in [0, 0.1) is 6.92 Å². The lowest BCUT2D eigenvalue weighted by molar-refractivity contribution is -0.140. The SMILES string of the molecule is CCC(C(=O)NC(C)C)N(Cc1cccc(C)c1)C(=O)CN(c1cc(Cl)cc(Cl)c1)S(=O)(=O)c1ccccc1. The van der Waals surface area contributed by atoms with Crippen LogP contribution in [0.2, 0.25) is 10.0 Å². The number of anilines is 1. The number of hydrogen-bond donors (Lipinski definition) is 1. The van der Waals surface area contributed by atoms with E-state index in [0.717, 1.165) is 15.4 Å². The van der Waals surface area contributed by atoms with E-state index in [4.69, 9.17) is 23.2 Å². The first-order valence-corrected chi connectivity index (χ1v) is 14.8. The minimum atomic E-state index is -4.20. The number of sulfonamides is 1. The topological polar surface area (TPSA) is 86.8 Å². The van der Waals surface area contributed by atoms with Gasteiger partial charge in [-0.15, -0.1) is 0 Å². The van der Waals surface area contributed by atoms with E-state index in [1.807, 2.05) is 52.0 Å². The lowest BCUT2D eigenvalue weighted by atomic mass is 10.1. The molecule has 1 N–H and O–H groups in total. The van der Waals surface area contributed by atoms with Crippen molar-refractivity contribution in [1.29, 1.82) is 0 Å². The third-order valence-electron chi connectivity index (χ3n) is 6.00. The number of nitrogens with zero attached hydrogens (tertiary/aromatic N) is 2. The third kappa shape index (κ3) is 7.97. The van der Waals surface area contributed by atoms with Crippen LogP contribution in [0.15, 0.2) is 77.7 Å². The van der Waals surface area contributed by atoms with Gasteiger partial charge in [-0.2, -0.15) is 0 Å². The van der Waals surface area contributed by atoms with Gasteiger partial charge in [0.1, 0.15) is 12.6 Å². The second-order valence-corrected chi connectivity index (χ2v) is 12.3. The van der Waals surface area contributed by atoms with Crippen LogP contribution in [0.1, 0.15) is 38.3 Å². The fourth-order valence-electron chi connectivity index (χ4n) is 4.24. The molecule has 0 saturated carbocycles. The predicted octanol–water partition coefficient (Wildman–Crippen LogP) is 5.83. The van der Waals surface area contributed by atoms with Gasteiger partial charge in [0, 0.05) is 22.6 Å². The summed E-state index contributed by atoms with van der Waals surface area (Å²) in [4.78, 5) is 28.6. The van der Waals surface area contributed by atoms with E-state index in [2.05, 4.69) is 5.32 Å². The minimum absolute atomic E-state index is 0.00345. The Hall–Kier alpha value is -3.07. The van der Waals surface area contributed by atoms with E-state index in [1.165, 1.54) is 35.2 Å². The molecule has 0 saturated heterocycles. The monoisotopic (exact) mass is 589 g/mol. The molecule has 3 aromatic rings. The summed E-state index contributed by atoms with van der Waals surface area (Å²) < 4.78 is 28.6. The fourth-order valence-corrected chi connectivity index (χ4v) is 6.17. The number of carbonyl (C=O) groups is 2. The van der Waals surface area contributed by atoms with Crippen LogP contribution < -0.4 is 9.62 Å². The maximum atomic E-state index is 14.0. The van der Waals surface area contributed by atoms with Crippen molar-refractivity contribution in [3.8, 4) is 0 Å². The summed E-state index contributed by atoms with van der Waals surface area (Å²) in [5, 5.41) is 3.32. The molecule has 39 heavy (non-hydrogen) atoms. The first kappa shape index (κ1) is 30.5. The number of benzene rings is 3. The molecule has 1 unspecified atom stereocenters. The lowest BCUT2D eigenvalue weighted by Gasteiger charge is -2.33. The van der Waals surface area contributed by atoms with Gasteiger partial charge in [0.15, 0.2) is 0 Å². The van der Waals surface area contributed by atoms with Crippen molar-refractivity contribution in [1.82, 2.24) is 10.2 Å². The average Bonchev–Trinajstić information content (AvgIpc) is 2.86. The Bertz CT molecular complexity index is 1390. The highest BCUT2D eigenvalue weighted by atomic mass is 35.5. The molecule has 0 aliphatic heterocycles. The zero-order valence-corrected chi connectivity index (χ0v) is 24.7. The highest BCUT2D eigenvalue weighted by Crippen LogP contribution is 2.30. The van der Waals surface area contributed by atoms with Crippen molar-refractivity contribution in [2.75, 3.05) is 10.8 Å². The summed E-state index contributed by atoms with van der Waals surface area (Å²) in [7, 11) is -4.20. The normalized spacial score (nSPS) is 12.2. The molecule has 10 heteroatoms. The highest BCUT2D eigenvalue weighted by Gasteiger charge is 2.34. The number of rotatable bonds is 11. The van der Waals surface area contributed by atoms with Crippen molar-refractivity contribution in [3.63, 3.8) is 0 Å². The van der Waals surface area contributed by atoms with Crippen molar-refractivity contribution in [2.24, 2.45) is 0 Å². The molecule has 3 aromatic carbocycles. The van der Waals surface area contributed by atoms with E-state index in [9.17, 15) is 18.0 Å². The Kier molecular flexibility index (Phi) is 10.4. The van der Waals surface area contributed by atoms with Gasteiger partial charge in [-0.1, -0.05) is 78.2 Å². The van der Waals surface area contributed by atoms with Gasteiger partial charge < -0.3 is 10.2 Å². The summed E-state index contributed by atoms with van der Waals surface area (Å²) in [6.07, 6.45) is 0.338. The molecule has 0 heterocycles. The zero-order chi connectivity index (χ0) is 28.7. The first-order chi connectivity index (χ1) is 18.4. The molecular weight excluding hydrogens is 557 g/mol. The van der Waals surface area contributed by atoms with Gasteiger partial charge in [0.05, 0.1) is 10.6 Å². The standard InChI is InChI=1S/C29H33Cl2N3O4S/c1-5-27(29(36)32-20(2)3)33(18-22-11-9-10-21(4)14-22)28(35)19-34(25-16-23(30)15-24(31)17-25)39(37,38)26-12-7-6-8-13-26/h6-17,20,27H,5,18-19H2,1-4H3,(H,32,36). The molecule has 0 aromatic heterocycles. The first-order valence-electron chi connectivity index (χ1n) is 12.6. The number of nitrogens with one attached hydrogen (secondary N) is 1. The predicted molar refractivity (Wildman–Crippen MR) is 157 cm³/mol. The maximum absolute atomic E-state index is 14.0. The summed E-state index contributed by atoms with van der Waals surface area (Å²) in [5.74, 6) is -0.852. The van der Waals surface area contributed by atoms with Gasteiger partial charge in [-0.05, 0) is 63.1 Å². The number of carbonyl (C=O) groups excluding carboxylic acids is 2. The van der Waals surface area contributed by atoms with Crippen LogP contribution in [0.25, 0.3) is 0 Å². The largest absolute Gasteiger partial charge is 0.352 e. The van der Waals surface area contributed by atoms with Crippen LogP contribution in [-0.4, -0.2) is 43.8 Å². The van der Waals surface area contributed by atoms with E-state index in [0.29, 0.717) is 6.42 Å². The number of amides is 2. The summed E-state index contributed by atoms with van der Waals surface area (Å²) >= 11 is 12.4. The Morgan fingerprint density at radius 1 is 0.923 bits per heavy atom. The van der Waals surface area contributed by atoms with Crippen molar-refractivity contribution in [2.45, 2.75) is 57.6 Å².